The Balaban J connectivity index is 1.83. The highest BCUT2D eigenvalue weighted by Gasteiger charge is 2.06. The molecule has 0 atom stereocenters. The molecule has 0 amide bonds. The second-order valence-corrected chi connectivity index (χ2v) is 4.60. The number of nitrogens with two attached hydrogens (primary N) is 1. The van der Waals surface area contributed by atoms with Crippen molar-refractivity contribution in [2.45, 2.75) is 13.2 Å². The maximum absolute atomic E-state index is 13.5. The fourth-order valence-corrected chi connectivity index (χ4v) is 2.25. The van der Waals surface area contributed by atoms with Crippen molar-refractivity contribution in [1.29, 1.82) is 0 Å². The second kappa shape index (κ2) is 5.35. The van der Waals surface area contributed by atoms with E-state index in [1.807, 2.05) is 24.3 Å². The number of halogens is 1. The van der Waals surface area contributed by atoms with E-state index < -0.39 is 0 Å². The average Bonchev–Trinajstić information content (AvgIpc) is 2.89. The van der Waals surface area contributed by atoms with Crippen molar-refractivity contribution in [3.8, 4) is 5.75 Å². The fraction of sp³-hybridized carbons (Fsp3) is 0.125. The molecule has 1 aromatic heterocycles. The molecule has 0 radical (unpaired) electrons. The number of hydrogen-bond acceptors (Lipinski definition) is 2. The maximum atomic E-state index is 13.5. The van der Waals surface area contributed by atoms with E-state index >= 15 is 0 Å². The summed E-state index contributed by atoms with van der Waals surface area (Å²) >= 11 is 0. The lowest BCUT2D eigenvalue weighted by Crippen LogP contribution is -1.97. The maximum Gasteiger partial charge on any atom is 0.165 e. The van der Waals surface area contributed by atoms with Gasteiger partial charge in [-0.2, -0.15) is 0 Å². The normalized spacial score (nSPS) is 10.9. The van der Waals surface area contributed by atoms with Gasteiger partial charge in [0.2, 0.25) is 0 Å². The lowest BCUT2D eigenvalue weighted by molar-refractivity contribution is 0.287. The number of fused-ring (bicyclic) bond motifs is 1. The SMILES string of the molecule is NCc1cccc2[nH]c(COc3ccccc3F)cc12. The number of nitrogens with one attached hydrogen (secondary N) is 1. The molecule has 102 valence electrons. The molecule has 0 saturated carbocycles. The van der Waals surface area contributed by atoms with E-state index in [9.17, 15) is 4.39 Å². The Labute approximate surface area is 116 Å². The van der Waals surface area contributed by atoms with Gasteiger partial charge in [-0.3, -0.25) is 0 Å². The molecule has 0 aliphatic heterocycles. The molecule has 4 heteroatoms. The van der Waals surface area contributed by atoms with Crippen LogP contribution in [0.15, 0.2) is 48.5 Å². The lowest BCUT2D eigenvalue weighted by Gasteiger charge is -2.05. The highest BCUT2D eigenvalue weighted by atomic mass is 19.1. The summed E-state index contributed by atoms with van der Waals surface area (Å²) in [5.74, 6) is -0.100. The van der Waals surface area contributed by atoms with Crippen LogP contribution >= 0.6 is 0 Å². The van der Waals surface area contributed by atoms with Gasteiger partial charge in [0.05, 0.1) is 5.69 Å². The third-order valence-corrected chi connectivity index (χ3v) is 3.25. The van der Waals surface area contributed by atoms with Gasteiger partial charge in [0.15, 0.2) is 11.6 Å². The van der Waals surface area contributed by atoms with E-state index in [1.165, 1.54) is 6.07 Å². The first-order valence-corrected chi connectivity index (χ1v) is 6.45. The minimum absolute atomic E-state index is 0.255. The second-order valence-electron chi connectivity index (χ2n) is 4.60. The number of aromatic nitrogens is 1. The highest BCUT2D eigenvalue weighted by Crippen LogP contribution is 2.22. The summed E-state index contributed by atoms with van der Waals surface area (Å²) in [6.45, 7) is 0.780. The topological polar surface area (TPSA) is 51.0 Å². The van der Waals surface area contributed by atoms with Crippen LogP contribution in [0.5, 0.6) is 5.75 Å². The predicted octanol–water partition coefficient (Wildman–Crippen LogP) is 3.34. The number of H-pyrrole nitrogens is 1. The average molecular weight is 270 g/mol. The van der Waals surface area contributed by atoms with Crippen molar-refractivity contribution >= 4 is 10.9 Å². The van der Waals surface area contributed by atoms with Gasteiger partial charge < -0.3 is 15.5 Å². The summed E-state index contributed by atoms with van der Waals surface area (Å²) < 4.78 is 19.0. The standard InChI is InChI=1S/C16H15FN2O/c17-14-5-1-2-7-16(14)20-10-12-8-13-11(9-18)4-3-6-15(13)19-12/h1-8,19H,9-10,18H2. The van der Waals surface area contributed by atoms with Crippen LogP contribution in [0.2, 0.25) is 0 Å². The summed E-state index contributed by atoms with van der Waals surface area (Å²) in [6.07, 6.45) is 0. The number of rotatable bonds is 4. The third-order valence-electron chi connectivity index (χ3n) is 3.25. The van der Waals surface area contributed by atoms with Gasteiger partial charge in [0.1, 0.15) is 6.61 Å². The molecule has 3 rings (SSSR count). The van der Waals surface area contributed by atoms with Gasteiger partial charge in [0, 0.05) is 17.4 Å². The molecule has 0 aliphatic rings. The van der Waals surface area contributed by atoms with E-state index in [-0.39, 0.29) is 11.6 Å². The molecule has 0 spiro atoms. The van der Waals surface area contributed by atoms with Gasteiger partial charge >= 0.3 is 0 Å². The molecule has 20 heavy (non-hydrogen) atoms. The Morgan fingerprint density at radius 1 is 1.10 bits per heavy atom. The van der Waals surface area contributed by atoms with Crippen LogP contribution in [0.4, 0.5) is 4.39 Å². The van der Waals surface area contributed by atoms with Crippen LogP contribution in [-0.2, 0) is 13.2 Å². The molecular formula is C16H15FN2O. The Morgan fingerprint density at radius 2 is 1.95 bits per heavy atom. The Kier molecular flexibility index (Phi) is 3.39. The molecule has 2 aromatic carbocycles. The summed E-state index contributed by atoms with van der Waals surface area (Å²) in [5, 5.41) is 1.09. The van der Waals surface area contributed by atoms with Crippen LogP contribution < -0.4 is 10.5 Å². The molecule has 3 nitrogen and oxygen atoms in total. The van der Waals surface area contributed by atoms with Crippen LogP contribution in [0, 0.1) is 5.82 Å². The summed E-state index contributed by atoms with van der Waals surface area (Å²) in [6, 6.07) is 14.3. The zero-order valence-electron chi connectivity index (χ0n) is 10.9. The zero-order chi connectivity index (χ0) is 13.9. The van der Waals surface area contributed by atoms with Crippen LogP contribution in [0.3, 0.4) is 0 Å². The van der Waals surface area contributed by atoms with E-state index in [1.54, 1.807) is 18.2 Å². The first-order valence-electron chi connectivity index (χ1n) is 6.45. The molecule has 3 aromatic rings. The largest absolute Gasteiger partial charge is 0.484 e. The molecule has 3 N–H and O–H groups in total. The molecule has 0 bridgehead atoms. The molecule has 0 fully saturated rings. The Bertz CT molecular complexity index is 736. The molecule has 0 aliphatic carbocycles. The molecular weight excluding hydrogens is 255 g/mol. The van der Waals surface area contributed by atoms with E-state index in [4.69, 9.17) is 10.5 Å². The smallest absolute Gasteiger partial charge is 0.165 e. The zero-order valence-corrected chi connectivity index (χ0v) is 10.9. The van der Waals surface area contributed by atoms with Crippen molar-refractivity contribution in [2.75, 3.05) is 0 Å². The van der Waals surface area contributed by atoms with Crippen molar-refractivity contribution in [2.24, 2.45) is 5.73 Å². The first kappa shape index (κ1) is 12.7. The number of hydrogen-bond donors (Lipinski definition) is 2. The summed E-state index contributed by atoms with van der Waals surface area (Å²) in [7, 11) is 0. The lowest BCUT2D eigenvalue weighted by atomic mass is 10.1. The minimum atomic E-state index is -0.355. The quantitative estimate of drug-likeness (QED) is 0.764. The number of benzene rings is 2. The molecule has 0 unspecified atom stereocenters. The van der Waals surface area contributed by atoms with Crippen molar-refractivity contribution < 1.29 is 9.13 Å². The fourth-order valence-electron chi connectivity index (χ4n) is 2.25. The number of ether oxygens (including phenoxy) is 1. The third kappa shape index (κ3) is 2.38. The number of para-hydroxylation sites is 1. The Hall–Kier alpha value is -2.33. The van der Waals surface area contributed by atoms with Crippen LogP contribution in [0.1, 0.15) is 11.3 Å². The van der Waals surface area contributed by atoms with Gasteiger partial charge in [0.25, 0.3) is 0 Å². The van der Waals surface area contributed by atoms with Gasteiger partial charge in [-0.25, -0.2) is 4.39 Å². The van der Waals surface area contributed by atoms with Gasteiger partial charge in [-0.05, 0) is 29.8 Å². The molecule has 1 heterocycles. The number of aromatic amines is 1. The van der Waals surface area contributed by atoms with Crippen molar-refractivity contribution in [3.63, 3.8) is 0 Å². The van der Waals surface area contributed by atoms with Crippen LogP contribution in [0.25, 0.3) is 10.9 Å². The minimum Gasteiger partial charge on any atom is -0.484 e. The van der Waals surface area contributed by atoms with E-state index in [0.29, 0.717) is 13.2 Å². The monoisotopic (exact) mass is 270 g/mol. The Morgan fingerprint density at radius 3 is 2.75 bits per heavy atom. The van der Waals surface area contributed by atoms with Crippen molar-refractivity contribution in [3.05, 3.63) is 65.6 Å². The first-order chi connectivity index (χ1) is 9.78. The van der Waals surface area contributed by atoms with Gasteiger partial charge in [-0.15, -0.1) is 0 Å². The molecule has 0 saturated heterocycles. The summed E-state index contributed by atoms with van der Waals surface area (Å²) in [4.78, 5) is 3.26. The van der Waals surface area contributed by atoms with Crippen LogP contribution in [-0.4, -0.2) is 4.98 Å². The van der Waals surface area contributed by atoms with E-state index in [0.717, 1.165) is 22.2 Å². The summed E-state index contributed by atoms with van der Waals surface area (Å²) in [5.41, 5.74) is 8.70. The van der Waals surface area contributed by atoms with E-state index in [2.05, 4.69) is 4.98 Å². The van der Waals surface area contributed by atoms with Gasteiger partial charge in [-0.1, -0.05) is 24.3 Å². The highest BCUT2D eigenvalue weighted by molar-refractivity contribution is 5.83. The predicted molar refractivity (Wildman–Crippen MR) is 76.9 cm³/mol. The van der Waals surface area contributed by atoms with Crippen molar-refractivity contribution in [1.82, 2.24) is 4.98 Å².